The molecule has 1 fully saturated rings. The van der Waals surface area contributed by atoms with E-state index in [4.69, 9.17) is 0 Å². The zero-order valence-electron chi connectivity index (χ0n) is 16.3. The summed E-state index contributed by atoms with van der Waals surface area (Å²) in [5.74, 6) is 0.421. The molecular weight excluding hydrogens is 392 g/mol. The van der Waals surface area contributed by atoms with Crippen LogP contribution in [-0.4, -0.2) is 52.8 Å². The molecule has 0 unspecified atom stereocenters. The summed E-state index contributed by atoms with van der Waals surface area (Å²) < 4.78 is 24.9. The monoisotopic (exact) mass is 416 g/mol. The number of rotatable bonds is 3. The van der Waals surface area contributed by atoms with Gasteiger partial charge in [-0.3, -0.25) is 9.59 Å². The quantitative estimate of drug-likeness (QED) is 0.816. The van der Waals surface area contributed by atoms with Crippen molar-refractivity contribution < 1.29 is 13.2 Å². The largest absolute Gasteiger partial charge is 0.328 e. The number of piperidine rings is 1. The maximum absolute atomic E-state index is 13.0. The highest BCUT2D eigenvalue weighted by molar-refractivity contribution is 7.88. The van der Waals surface area contributed by atoms with Crippen molar-refractivity contribution in [2.24, 2.45) is 0 Å². The molecule has 29 heavy (non-hydrogen) atoms. The van der Waals surface area contributed by atoms with Crippen LogP contribution in [0, 0.1) is 0 Å². The third-order valence-electron chi connectivity index (χ3n) is 5.62. The molecule has 3 heterocycles. The Morgan fingerprint density at radius 2 is 1.93 bits per heavy atom. The number of carbonyl (C=O) groups is 1. The Labute approximate surface area is 169 Å². The van der Waals surface area contributed by atoms with Gasteiger partial charge in [0.05, 0.1) is 23.6 Å². The molecule has 154 valence electrons. The summed E-state index contributed by atoms with van der Waals surface area (Å²) in [6.45, 7) is 0.953. The van der Waals surface area contributed by atoms with Crippen LogP contribution in [0.25, 0.3) is 0 Å². The number of likely N-dealkylation sites (tertiary alicyclic amines) is 1. The molecule has 2 aliphatic heterocycles. The average Bonchev–Trinajstić information content (AvgIpc) is 2.73. The van der Waals surface area contributed by atoms with Crippen LogP contribution in [0.2, 0.25) is 0 Å². The third kappa shape index (κ3) is 3.97. The van der Waals surface area contributed by atoms with Gasteiger partial charge < -0.3 is 9.88 Å². The molecule has 0 radical (unpaired) electrons. The van der Waals surface area contributed by atoms with Gasteiger partial charge in [-0.25, -0.2) is 13.4 Å². The summed E-state index contributed by atoms with van der Waals surface area (Å²) in [4.78, 5) is 35.1. The van der Waals surface area contributed by atoms with Crippen LogP contribution in [0.1, 0.15) is 52.7 Å². The number of aromatic nitrogens is 2. The van der Waals surface area contributed by atoms with E-state index in [1.165, 1.54) is 4.31 Å². The Morgan fingerprint density at radius 1 is 1.17 bits per heavy atom. The van der Waals surface area contributed by atoms with Crippen LogP contribution in [0.3, 0.4) is 0 Å². The number of nitrogens with zero attached hydrogens (tertiary/aromatic N) is 3. The first kappa shape index (κ1) is 19.8. The van der Waals surface area contributed by atoms with Crippen molar-refractivity contribution in [2.45, 2.75) is 38.3 Å². The van der Waals surface area contributed by atoms with Gasteiger partial charge in [-0.05, 0) is 31.4 Å². The minimum absolute atomic E-state index is 0.0358. The lowest BCUT2D eigenvalue weighted by molar-refractivity contribution is 0.0599. The number of H-pyrrole nitrogens is 1. The molecular formula is C20H24N4O4S. The number of amides is 1. The zero-order chi connectivity index (χ0) is 20.6. The van der Waals surface area contributed by atoms with Crippen LogP contribution in [0.4, 0.5) is 0 Å². The molecule has 2 aliphatic rings. The summed E-state index contributed by atoms with van der Waals surface area (Å²) in [7, 11) is -3.37. The first-order chi connectivity index (χ1) is 13.8. The van der Waals surface area contributed by atoms with E-state index in [0.717, 1.165) is 25.5 Å². The summed E-state index contributed by atoms with van der Waals surface area (Å²) in [6.07, 6.45) is 4.12. The van der Waals surface area contributed by atoms with Crippen LogP contribution in [-0.2, 0) is 23.0 Å². The van der Waals surface area contributed by atoms with Gasteiger partial charge in [-0.15, -0.1) is 0 Å². The normalized spacial score (nSPS) is 20.3. The fraction of sp³-hybridized carbons (Fsp3) is 0.450. The highest BCUT2D eigenvalue weighted by atomic mass is 32.2. The average molecular weight is 417 g/mol. The lowest BCUT2D eigenvalue weighted by Crippen LogP contribution is -2.42. The Kier molecular flexibility index (Phi) is 5.26. The second-order valence-electron chi connectivity index (χ2n) is 7.60. The Morgan fingerprint density at radius 3 is 2.66 bits per heavy atom. The molecule has 4 rings (SSSR count). The summed E-state index contributed by atoms with van der Waals surface area (Å²) in [5, 5.41) is 0. The number of aromatic amines is 1. The number of carbonyl (C=O) groups excluding carboxylic acids is 1. The van der Waals surface area contributed by atoms with Gasteiger partial charge in [0.25, 0.3) is 11.5 Å². The Bertz CT molecular complexity index is 1080. The summed E-state index contributed by atoms with van der Waals surface area (Å²) in [5.41, 5.74) is 1.31. The van der Waals surface area contributed by atoms with Crippen molar-refractivity contribution in [3.05, 3.63) is 63.3 Å². The minimum Gasteiger partial charge on any atom is -0.328 e. The summed E-state index contributed by atoms with van der Waals surface area (Å²) in [6, 6.07) is 8.82. The standard InChI is InChI=1S/C20H24N4O4S/c1-29(27,28)23-12-10-16-15(13-23)19(25)22-18(21-16)17-9-5-6-11-24(17)20(26)14-7-3-2-4-8-14/h2-4,7-8,17H,5-6,9-13H2,1H3,(H,21,22,25)/t17-/m0/s1. The number of nitrogens with one attached hydrogen (secondary N) is 1. The molecule has 8 nitrogen and oxygen atoms in total. The molecule has 1 aromatic carbocycles. The lowest BCUT2D eigenvalue weighted by atomic mass is 9.99. The fourth-order valence-corrected chi connectivity index (χ4v) is 4.85. The third-order valence-corrected chi connectivity index (χ3v) is 6.87. The topological polar surface area (TPSA) is 103 Å². The van der Waals surface area contributed by atoms with E-state index < -0.39 is 10.0 Å². The number of fused-ring (bicyclic) bond motifs is 1. The molecule has 1 saturated heterocycles. The van der Waals surface area contributed by atoms with E-state index in [1.807, 2.05) is 18.2 Å². The molecule has 0 saturated carbocycles. The van der Waals surface area contributed by atoms with E-state index in [9.17, 15) is 18.0 Å². The number of hydrogen-bond donors (Lipinski definition) is 1. The highest BCUT2D eigenvalue weighted by Crippen LogP contribution is 2.30. The maximum atomic E-state index is 13.0. The number of sulfonamides is 1. The predicted octanol–water partition coefficient (Wildman–Crippen LogP) is 1.45. The van der Waals surface area contributed by atoms with Crippen LogP contribution < -0.4 is 5.56 Å². The first-order valence-electron chi connectivity index (χ1n) is 9.77. The molecule has 0 spiro atoms. The van der Waals surface area contributed by atoms with Gasteiger partial charge in [-0.2, -0.15) is 4.31 Å². The molecule has 1 aromatic heterocycles. The molecule has 0 aliphatic carbocycles. The van der Waals surface area contributed by atoms with Crippen LogP contribution in [0.15, 0.2) is 35.1 Å². The van der Waals surface area contributed by atoms with E-state index in [2.05, 4.69) is 9.97 Å². The van der Waals surface area contributed by atoms with Crippen molar-refractivity contribution in [2.75, 3.05) is 19.3 Å². The van der Waals surface area contributed by atoms with Gasteiger partial charge in [0.1, 0.15) is 5.82 Å². The number of benzene rings is 1. The zero-order valence-corrected chi connectivity index (χ0v) is 17.1. The van der Waals surface area contributed by atoms with Gasteiger partial charge in [0, 0.05) is 31.6 Å². The minimum atomic E-state index is -3.37. The van der Waals surface area contributed by atoms with Crippen molar-refractivity contribution in [3.8, 4) is 0 Å². The molecule has 1 N–H and O–H groups in total. The summed E-state index contributed by atoms with van der Waals surface area (Å²) >= 11 is 0. The molecule has 1 atom stereocenters. The first-order valence-corrected chi connectivity index (χ1v) is 11.6. The van der Waals surface area contributed by atoms with E-state index in [0.29, 0.717) is 42.2 Å². The van der Waals surface area contributed by atoms with Gasteiger partial charge >= 0.3 is 0 Å². The fourth-order valence-electron chi connectivity index (χ4n) is 4.07. The van der Waals surface area contributed by atoms with Crippen molar-refractivity contribution >= 4 is 15.9 Å². The van der Waals surface area contributed by atoms with Crippen molar-refractivity contribution in [1.29, 1.82) is 0 Å². The smallest absolute Gasteiger partial charge is 0.255 e. The van der Waals surface area contributed by atoms with E-state index in [-0.39, 0.29) is 24.1 Å². The maximum Gasteiger partial charge on any atom is 0.255 e. The Balaban J connectivity index is 1.66. The molecule has 1 amide bonds. The molecule has 0 bridgehead atoms. The predicted molar refractivity (Wildman–Crippen MR) is 108 cm³/mol. The number of hydrogen-bond acceptors (Lipinski definition) is 5. The lowest BCUT2D eigenvalue weighted by Gasteiger charge is -2.35. The van der Waals surface area contributed by atoms with Gasteiger partial charge in [0.15, 0.2) is 0 Å². The van der Waals surface area contributed by atoms with E-state index >= 15 is 0 Å². The SMILES string of the molecule is CS(=O)(=O)N1CCc2nc([C@@H]3CCCCN3C(=O)c3ccccc3)[nH]c(=O)c2C1. The second-order valence-corrected chi connectivity index (χ2v) is 9.58. The molecule has 2 aromatic rings. The highest BCUT2D eigenvalue weighted by Gasteiger charge is 2.32. The van der Waals surface area contributed by atoms with Crippen molar-refractivity contribution in [3.63, 3.8) is 0 Å². The van der Waals surface area contributed by atoms with Gasteiger partial charge in [0.2, 0.25) is 10.0 Å². The van der Waals surface area contributed by atoms with Crippen LogP contribution in [0.5, 0.6) is 0 Å². The second kappa shape index (κ2) is 7.72. The van der Waals surface area contributed by atoms with Gasteiger partial charge in [-0.1, -0.05) is 18.2 Å². The van der Waals surface area contributed by atoms with E-state index in [1.54, 1.807) is 17.0 Å². The Hall–Kier alpha value is -2.52. The molecule has 9 heteroatoms. The van der Waals surface area contributed by atoms with Crippen LogP contribution >= 0.6 is 0 Å². The van der Waals surface area contributed by atoms with Crippen molar-refractivity contribution in [1.82, 2.24) is 19.2 Å².